The molecule has 3 aliphatic heterocycles. The molecule has 188 valence electrons. The van der Waals surface area contributed by atoms with Crippen molar-refractivity contribution in [3.8, 4) is 0 Å². The number of carbonyl (C=O) groups excluding carboxylic acids is 1. The Morgan fingerprint density at radius 2 is 1.67 bits per heavy atom. The molecule has 3 aromatic carbocycles. The van der Waals surface area contributed by atoms with Crippen LogP contribution in [0.3, 0.4) is 0 Å². The van der Waals surface area contributed by atoms with Crippen LogP contribution in [-0.2, 0) is 17.7 Å². The molecule has 0 saturated carbocycles. The number of rotatable bonds is 7. The second kappa shape index (κ2) is 10.3. The second-order valence-electron chi connectivity index (χ2n) is 10.0. The molecule has 3 aliphatic rings. The first-order chi connectivity index (χ1) is 17.4. The highest BCUT2D eigenvalue weighted by Crippen LogP contribution is 2.36. The number of amides is 1. The van der Waals surface area contributed by atoms with E-state index in [4.69, 9.17) is 4.74 Å². The Hall–Kier alpha value is -3.32. The van der Waals surface area contributed by atoms with Crippen molar-refractivity contribution in [3.05, 3.63) is 101 Å². The Morgan fingerprint density at radius 3 is 2.39 bits per heavy atom. The Balaban J connectivity index is 1.32. The smallest absolute Gasteiger partial charge is 0.415 e. The standard InChI is InChI=1S/C29H30F3N2O2/c30-24-7-4-8-25(18-24)33(19-22-9-10-26(31)27(32)17-22)29(35)36-28-20-34(15-12-23(28)13-16-34)14-11-21-5-2-1-3-6-21/h1-10,17-18,23,28H,11-16,19-20H2/q+1/t23?,28-,34?/m0/s1. The van der Waals surface area contributed by atoms with Crippen LogP contribution in [0.1, 0.15) is 24.0 Å². The number of piperidine rings is 3. The van der Waals surface area contributed by atoms with Crippen LogP contribution in [-0.4, -0.2) is 42.9 Å². The molecular weight excluding hydrogens is 465 g/mol. The van der Waals surface area contributed by atoms with Gasteiger partial charge in [0, 0.05) is 25.2 Å². The molecule has 3 saturated heterocycles. The van der Waals surface area contributed by atoms with E-state index in [1.807, 2.05) is 6.07 Å². The lowest BCUT2D eigenvalue weighted by atomic mass is 9.83. The highest BCUT2D eigenvalue weighted by atomic mass is 19.2. The number of anilines is 1. The van der Waals surface area contributed by atoms with Crippen LogP contribution in [0.4, 0.5) is 23.7 Å². The zero-order valence-corrected chi connectivity index (χ0v) is 20.1. The number of quaternary nitrogens is 1. The molecule has 0 aromatic heterocycles. The van der Waals surface area contributed by atoms with E-state index in [2.05, 4.69) is 24.3 Å². The van der Waals surface area contributed by atoms with Gasteiger partial charge in [-0.2, -0.15) is 0 Å². The SMILES string of the molecule is O=C(O[C@H]1C[N+]2(CCc3ccccc3)CCC1CC2)N(Cc1ccc(F)c(F)c1)c1cccc(F)c1. The summed E-state index contributed by atoms with van der Waals surface area (Å²) in [6, 6.07) is 19.5. The fourth-order valence-corrected chi connectivity index (χ4v) is 5.60. The van der Waals surface area contributed by atoms with Crippen molar-refractivity contribution in [1.82, 2.24) is 0 Å². The van der Waals surface area contributed by atoms with Crippen LogP contribution in [0.15, 0.2) is 72.8 Å². The predicted octanol–water partition coefficient (Wildman–Crippen LogP) is 6.10. The summed E-state index contributed by atoms with van der Waals surface area (Å²) in [5.74, 6) is -2.16. The summed E-state index contributed by atoms with van der Waals surface area (Å²) in [5, 5.41) is 0. The van der Waals surface area contributed by atoms with Gasteiger partial charge < -0.3 is 9.22 Å². The highest BCUT2D eigenvalue weighted by Gasteiger charge is 2.47. The van der Waals surface area contributed by atoms with Gasteiger partial charge in [0.25, 0.3) is 0 Å². The molecule has 3 fully saturated rings. The maximum absolute atomic E-state index is 14.0. The van der Waals surface area contributed by atoms with Gasteiger partial charge >= 0.3 is 6.09 Å². The van der Waals surface area contributed by atoms with Crippen LogP contribution in [0.5, 0.6) is 0 Å². The Morgan fingerprint density at radius 1 is 0.889 bits per heavy atom. The molecule has 0 radical (unpaired) electrons. The molecule has 1 atom stereocenters. The first-order valence-electron chi connectivity index (χ1n) is 12.5. The van der Waals surface area contributed by atoms with E-state index in [1.54, 1.807) is 6.07 Å². The zero-order valence-electron chi connectivity index (χ0n) is 20.1. The van der Waals surface area contributed by atoms with E-state index >= 15 is 0 Å². The first kappa shape index (κ1) is 24.4. The van der Waals surface area contributed by atoms with Crippen molar-refractivity contribution in [1.29, 1.82) is 0 Å². The number of fused-ring (bicyclic) bond motifs is 3. The number of nitrogens with zero attached hydrogens (tertiary/aromatic N) is 2. The van der Waals surface area contributed by atoms with Crippen molar-refractivity contribution in [3.63, 3.8) is 0 Å². The lowest BCUT2D eigenvalue weighted by molar-refractivity contribution is -0.945. The van der Waals surface area contributed by atoms with Crippen molar-refractivity contribution in [2.75, 3.05) is 31.1 Å². The third-order valence-electron chi connectivity index (χ3n) is 7.68. The van der Waals surface area contributed by atoms with E-state index < -0.39 is 23.5 Å². The maximum Gasteiger partial charge on any atom is 0.415 e. The van der Waals surface area contributed by atoms with Gasteiger partial charge in [-0.1, -0.05) is 42.5 Å². The second-order valence-corrected chi connectivity index (χ2v) is 10.0. The van der Waals surface area contributed by atoms with Crippen molar-refractivity contribution < 1.29 is 27.2 Å². The third-order valence-corrected chi connectivity index (χ3v) is 7.68. The molecule has 3 aromatic rings. The topological polar surface area (TPSA) is 29.5 Å². The summed E-state index contributed by atoms with van der Waals surface area (Å²) in [6.45, 7) is 3.84. The van der Waals surface area contributed by atoms with Crippen LogP contribution in [0.2, 0.25) is 0 Å². The molecule has 36 heavy (non-hydrogen) atoms. The van der Waals surface area contributed by atoms with E-state index in [-0.39, 0.29) is 12.6 Å². The lowest BCUT2D eigenvalue weighted by Gasteiger charge is -2.52. The van der Waals surface area contributed by atoms with Gasteiger partial charge in [-0.25, -0.2) is 18.0 Å². The zero-order chi connectivity index (χ0) is 25.1. The normalized spacial score (nSPS) is 22.9. The van der Waals surface area contributed by atoms with Crippen LogP contribution >= 0.6 is 0 Å². The monoisotopic (exact) mass is 495 g/mol. The van der Waals surface area contributed by atoms with E-state index in [0.29, 0.717) is 17.2 Å². The van der Waals surface area contributed by atoms with Gasteiger partial charge in [0.2, 0.25) is 0 Å². The third kappa shape index (κ3) is 5.41. The fourth-order valence-electron chi connectivity index (χ4n) is 5.60. The van der Waals surface area contributed by atoms with Crippen molar-refractivity contribution in [2.24, 2.45) is 5.92 Å². The Labute approximate surface area is 209 Å². The summed E-state index contributed by atoms with van der Waals surface area (Å²) in [4.78, 5) is 14.7. The molecule has 2 bridgehead atoms. The summed E-state index contributed by atoms with van der Waals surface area (Å²) in [7, 11) is 0. The van der Waals surface area contributed by atoms with Gasteiger partial charge in [0.05, 0.1) is 31.9 Å². The fraction of sp³-hybridized carbons (Fsp3) is 0.345. The lowest BCUT2D eigenvalue weighted by Crippen LogP contribution is -2.65. The molecule has 0 spiro atoms. The van der Waals surface area contributed by atoms with Crippen LogP contribution in [0, 0.1) is 23.4 Å². The van der Waals surface area contributed by atoms with Crippen LogP contribution in [0.25, 0.3) is 0 Å². The van der Waals surface area contributed by atoms with Crippen molar-refractivity contribution >= 4 is 11.8 Å². The minimum atomic E-state index is -0.998. The molecule has 1 amide bonds. The molecule has 4 nitrogen and oxygen atoms in total. The number of ether oxygens (including phenoxy) is 1. The molecule has 6 rings (SSSR count). The quantitative estimate of drug-likeness (QED) is 0.371. The summed E-state index contributed by atoms with van der Waals surface area (Å²) >= 11 is 0. The van der Waals surface area contributed by atoms with Crippen LogP contribution < -0.4 is 4.90 Å². The minimum absolute atomic E-state index is 0.0646. The summed E-state index contributed by atoms with van der Waals surface area (Å²) in [5.41, 5.74) is 1.99. The average Bonchev–Trinajstić information content (AvgIpc) is 2.89. The molecule has 7 heteroatoms. The molecule has 0 unspecified atom stereocenters. The van der Waals surface area contributed by atoms with Gasteiger partial charge in [-0.15, -0.1) is 0 Å². The van der Waals surface area contributed by atoms with E-state index in [0.717, 1.165) is 62.1 Å². The van der Waals surface area contributed by atoms with Gasteiger partial charge in [-0.05, 0) is 41.5 Å². The highest BCUT2D eigenvalue weighted by molar-refractivity contribution is 5.87. The number of halogens is 3. The number of hydrogen-bond acceptors (Lipinski definition) is 2. The van der Waals surface area contributed by atoms with E-state index in [9.17, 15) is 18.0 Å². The molecule has 0 aliphatic carbocycles. The average molecular weight is 496 g/mol. The molecule has 3 heterocycles. The van der Waals surface area contributed by atoms with E-state index in [1.165, 1.54) is 34.7 Å². The summed E-state index contributed by atoms with van der Waals surface area (Å²) < 4.78 is 48.3. The first-order valence-corrected chi connectivity index (χ1v) is 12.5. The Bertz CT molecular complexity index is 1210. The van der Waals surface area contributed by atoms with Gasteiger partial charge in [-0.3, -0.25) is 4.90 Å². The maximum atomic E-state index is 14.0. The number of benzene rings is 3. The Kier molecular flexibility index (Phi) is 7.01. The summed E-state index contributed by atoms with van der Waals surface area (Å²) in [6.07, 6.45) is 2.12. The molecule has 0 N–H and O–H groups in total. The largest absolute Gasteiger partial charge is 0.440 e. The molecular formula is C29H30F3N2O2+. The van der Waals surface area contributed by atoms with Gasteiger partial charge in [0.15, 0.2) is 17.7 Å². The van der Waals surface area contributed by atoms with Gasteiger partial charge in [0.1, 0.15) is 12.4 Å². The minimum Gasteiger partial charge on any atom is -0.440 e. The van der Waals surface area contributed by atoms with Crippen molar-refractivity contribution in [2.45, 2.75) is 31.9 Å². The predicted molar refractivity (Wildman–Crippen MR) is 132 cm³/mol. The number of hydrogen-bond donors (Lipinski definition) is 0. The number of carbonyl (C=O) groups is 1.